The lowest BCUT2D eigenvalue weighted by Crippen LogP contribution is -2.28. The summed E-state index contributed by atoms with van der Waals surface area (Å²) in [4.78, 5) is 92.1. The van der Waals surface area contributed by atoms with Crippen molar-refractivity contribution in [2.75, 3.05) is 102 Å². The molecule has 0 atom stereocenters. The maximum absolute atomic E-state index is 16.7. The molecular weight excluding hydrogens is 1730 g/mol. The number of methoxy groups -OCH3 is 6. The van der Waals surface area contributed by atoms with E-state index in [0.717, 1.165) is 128 Å². The number of nitro benzene ring substituents is 1. The fraction of sp³-hybridized carbons (Fsp3) is 0.584. The molecule has 7 aromatic rings. The van der Waals surface area contributed by atoms with Crippen LogP contribution in [0.3, 0.4) is 0 Å². The first kappa shape index (κ1) is 113. The number of nitrogens with one attached hydrogen (secondary N) is 4. The highest BCUT2D eigenvalue weighted by molar-refractivity contribution is 6.17. The lowest BCUT2D eigenvalue weighted by atomic mass is 10.1. The zero-order chi connectivity index (χ0) is 98.3. The molecule has 137 heavy (non-hydrogen) atoms. The van der Waals surface area contributed by atoms with E-state index < -0.39 is 40.1 Å². The summed E-state index contributed by atoms with van der Waals surface area (Å²) in [5, 5.41) is 25.1. The molecule has 0 aliphatic heterocycles. The number of para-hydroxylation sites is 3. The Morgan fingerprint density at radius 3 is 0.810 bits per heavy atom. The maximum atomic E-state index is 16.7. The molecule has 7 rings (SSSR count). The van der Waals surface area contributed by atoms with Gasteiger partial charge in [0.2, 0.25) is 5.75 Å². The summed E-state index contributed by atoms with van der Waals surface area (Å²) in [5.74, 6) is -1.96. The highest BCUT2D eigenvalue weighted by atomic mass is 16.6. The van der Waals surface area contributed by atoms with Crippen molar-refractivity contribution >= 4 is 69.3 Å². The lowest BCUT2D eigenvalue weighted by molar-refractivity contribution is -0.385. The SMILES string of the molecule is CCCCCCCCCCCCOc1cc(OC)c(C(=O)Nc2ccccc2OC)cc1NC(=O)c1cc(NC(=O)c2cc(N(C(=O)c3cc(NC(=O)c4cc([N+](=O)[O-])c(OCCCCCCCCCCCC)cc4OC)c(OCCCCCCCCCCCC)cc3OC)c3ccccc3)c(OCCCCCCCCCCCC)cc2OC)c(OCCCCCCCCCCCC)cc1OC. The van der Waals surface area contributed by atoms with Gasteiger partial charge in [0.1, 0.15) is 57.5 Å². The third-order valence-corrected chi connectivity index (χ3v) is 25.2. The Balaban J connectivity index is 1.34. The van der Waals surface area contributed by atoms with Crippen LogP contribution in [0.2, 0.25) is 0 Å². The molecule has 0 bridgehead atoms. The molecule has 0 aromatic heterocycles. The summed E-state index contributed by atoms with van der Waals surface area (Å²) >= 11 is 0. The second kappa shape index (κ2) is 68.2. The molecule has 0 saturated carbocycles. The van der Waals surface area contributed by atoms with E-state index in [9.17, 15) is 14.9 Å². The Kier molecular flexibility index (Phi) is 56.3. The minimum atomic E-state index is -0.809. The Morgan fingerprint density at radius 1 is 0.255 bits per heavy atom. The summed E-state index contributed by atoms with van der Waals surface area (Å²) in [6.07, 6.45) is 54.7. The Bertz CT molecular complexity index is 4650. The third kappa shape index (κ3) is 40.2. The molecule has 7 aromatic carbocycles. The van der Waals surface area contributed by atoms with Crippen molar-refractivity contribution in [2.24, 2.45) is 0 Å². The number of rotatable bonds is 78. The number of nitro groups is 1. The smallest absolute Gasteiger partial charge is 0.312 e. The van der Waals surface area contributed by atoms with Crippen molar-refractivity contribution in [2.45, 2.75) is 356 Å². The van der Waals surface area contributed by atoms with Gasteiger partial charge in [0, 0.05) is 42.1 Å². The van der Waals surface area contributed by atoms with Crippen LogP contribution in [0.4, 0.5) is 39.8 Å². The molecule has 0 fully saturated rings. The number of ether oxygens (including phenoxy) is 11. The van der Waals surface area contributed by atoms with Crippen LogP contribution in [0.25, 0.3) is 0 Å². The number of amides is 5. The predicted molar refractivity (Wildman–Crippen MR) is 556 cm³/mol. The minimum Gasteiger partial charge on any atom is -0.496 e. The van der Waals surface area contributed by atoms with E-state index in [1.54, 1.807) is 72.8 Å². The van der Waals surface area contributed by atoms with Crippen molar-refractivity contribution < 1.29 is 81.0 Å². The van der Waals surface area contributed by atoms with Gasteiger partial charge in [0.05, 0.1) is 137 Å². The molecule has 0 saturated heterocycles. The average Bonchev–Trinajstić information content (AvgIpc) is 0.749. The minimum absolute atomic E-state index is 0.0116. The summed E-state index contributed by atoms with van der Waals surface area (Å²) in [6.45, 7) is 12.3. The van der Waals surface area contributed by atoms with Crippen LogP contribution in [0, 0.1) is 10.1 Å². The molecule has 0 aliphatic carbocycles. The van der Waals surface area contributed by atoms with Crippen molar-refractivity contribution in [3.05, 3.63) is 153 Å². The van der Waals surface area contributed by atoms with Gasteiger partial charge in [-0.3, -0.25) is 39.0 Å². The molecule has 24 heteroatoms. The quantitative estimate of drug-likeness (QED) is 0.0157. The van der Waals surface area contributed by atoms with Crippen LogP contribution in [0.15, 0.2) is 115 Å². The van der Waals surface area contributed by atoms with Gasteiger partial charge < -0.3 is 73.4 Å². The summed E-state index contributed by atoms with van der Waals surface area (Å²) in [7, 11) is 8.66. The van der Waals surface area contributed by atoms with Gasteiger partial charge in [-0.05, 0) is 80.6 Å². The van der Waals surface area contributed by atoms with E-state index in [-0.39, 0.29) is 134 Å². The van der Waals surface area contributed by atoms with Gasteiger partial charge in [0.25, 0.3) is 29.5 Å². The van der Waals surface area contributed by atoms with E-state index in [0.29, 0.717) is 49.4 Å². The second-order valence-electron chi connectivity index (χ2n) is 36.1. The summed E-state index contributed by atoms with van der Waals surface area (Å²) in [6, 6.07) is 30.7. The van der Waals surface area contributed by atoms with Crippen molar-refractivity contribution in [1.29, 1.82) is 0 Å². The third-order valence-electron chi connectivity index (χ3n) is 25.2. The highest BCUT2D eigenvalue weighted by Crippen LogP contribution is 2.46. The molecule has 0 radical (unpaired) electrons. The second-order valence-corrected chi connectivity index (χ2v) is 36.1. The molecule has 756 valence electrons. The van der Waals surface area contributed by atoms with Gasteiger partial charge >= 0.3 is 5.69 Å². The molecule has 0 spiro atoms. The maximum Gasteiger partial charge on any atom is 0.312 e. The molecule has 0 unspecified atom stereocenters. The first-order chi connectivity index (χ1) is 67.0. The van der Waals surface area contributed by atoms with E-state index in [4.69, 9.17) is 52.1 Å². The first-order valence-corrected chi connectivity index (χ1v) is 52.2. The standard InChI is InChI=1S/C113H166N6O18/c1-12-17-22-27-32-37-42-47-52-62-71-133-104-81-99(128-7)87(109(120)114-92-69-60-61-70-98(92)127-6)76-93(104)115-110(121)88-77-94(105(82-100(88)129-8)134-72-63-53-48-43-38-33-28-23-18-13-2)116-111(122)89-79-96(107(84-101(89)130-9)136-74-65-55-50-45-40-35-30-25-20-15-4)118(86-67-58-57-59-68-86)113(124)91-78-95(106(83-103(91)132-11)135-73-64-54-49-44-39-34-29-24-19-14-3)117-112(123)90-80-97(119(125)126)108(85-102(90)131-10)137-75-66-56-51-46-41-36-31-26-21-16-5/h57-61,67-70,76-85H,12-56,62-66,71-75H2,1-11H3,(H,114,120)(H,115,121)(H,116,122)(H,117,123). The largest absolute Gasteiger partial charge is 0.496 e. The number of hydrogen-bond acceptors (Lipinski definition) is 18. The monoisotopic (exact) mass is 1900 g/mol. The zero-order valence-electron chi connectivity index (χ0n) is 85.1. The lowest BCUT2D eigenvalue weighted by Gasteiger charge is -2.28. The van der Waals surface area contributed by atoms with Gasteiger partial charge in [-0.1, -0.05) is 354 Å². The summed E-state index contributed by atoms with van der Waals surface area (Å²) < 4.78 is 68.7. The number of nitrogens with zero attached hydrogens (tertiary/aromatic N) is 2. The van der Waals surface area contributed by atoms with Crippen molar-refractivity contribution in [1.82, 2.24) is 0 Å². The van der Waals surface area contributed by atoms with E-state index in [1.165, 1.54) is 251 Å². The van der Waals surface area contributed by atoms with Crippen molar-refractivity contribution in [3.8, 4) is 63.2 Å². The van der Waals surface area contributed by atoms with Gasteiger partial charge in [0.15, 0.2) is 0 Å². The fourth-order valence-electron chi connectivity index (χ4n) is 17.1. The zero-order valence-corrected chi connectivity index (χ0v) is 85.1. The van der Waals surface area contributed by atoms with Crippen LogP contribution in [0.1, 0.15) is 407 Å². The number of anilines is 6. The number of unbranched alkanes of at least 4 members (excludes halogenated alkanes) is 45. The number of hydrogen-bond donors (Lipinski definition) is 4. The molecule has 0 heterocycles. The van der Waals surface area contributed by atoms with Crippen LogP contribution in [-0.4, -0.2) is 110 Å². The van der Waals surface area contributed by atoms with Crippen LogP contribution >= 0.6 is 0 Å². The fourth-order valence-corrected chi connectivity index (χ4v) is 17.1. The number of carbonyl (C=O) groups excluding carboxylic acids is 5. The van der Waals surface area contributed by atoms with Gasteiger partial charge in [-0.2, -0.15) is 0 Å². The van der Waals surface area contributed by atoms with Crippen LogP contribution in [-0.2, 0) is 0 Å². The van der Waals surface area contributed by atoms with E-state index >= 15 is 19.2 Å². The molecular formula is C113H166N6O18. The molecule has 5 amide bonds. The first-order valence-electron chi connectivity index (χ1n) is 52.2. The average molecular weight is 1900 g/mol. The molecule has 4 N–H and O–H groups in total. The number of carbonyl (C=O) groups is 5. The van der Waals surface area contributed by atoms with E-state index in [1.807, 2.05) is 6.07 Å². The topological polar surface area (TPSA) is 281 Å². The number of benzene rings is 7. The Morgan fingerprint density at radius 2 is 0.496 bits per heavy atom. The van der Waals surface area contributed by atoms with Crippen LogP contribution < -0.4 is 78.3 Å². The van der Waals surface area contributed by atoms with Gasteiger partial charge in [-0.25, -0.2) is 0 Å². The molecule has 0 aliphatic rings. The predicted octanol–water partition coefficient (Wildman–Crippen LogP) is 31.1. The summed E-state index contributed by atoms with van der Waals surface area (Å²) in [5.41, 5.74) is 0.385. The Labute approximate surface area is 819 Å². The van der Waals surface area contributed by atoms with Gasteiger partial charge in [-0.15, -0.1) is 0 Å². The van der Waals surface area contributed by atoms with E-state index in [2.05, 4.69) is 55.9 Å². The normalized spacial score (nSPS) is 11.1. The van der Waals surface area contributed by atoms with Crippen molar-refractivity contribution in [3.63, 3.8) is 0 Å². The van der Waals surface area contributed by atoms with Crippen LogP contribution in [0.5, 0.6) is 63.2 Å². The Hall–Kier alpha value is -10.9. The highest BCUT2D eigenvalue weighted by Gasteiger charge is 2.33. The molecule has 24 nitrogen and oxygen atoms in total.